The number of carbonyl (C=O) groups excluding carboxylic acids is 2. The minimum atomic E-state index is -0.327. The zero-order chi connectivity index (χ0) is 25.9. The van der Waals surface area contributed by atoms with Crippen LogP contribution in [0.1, 0.15) is 101 Å². The van der Waals surface area contributed by atoms with E-state index in [1.807, 2.05) is 18.2 Å². The van der Waals surface area contributed by atoms with Crippen LogP contribution >= 0.6 is 0 Å². The highest BCUT2D eigenvalue weighted by atomic mass is 16.3. The van der Waals surface area contributed by atoms with Gasteiger partial charge in [0.25, 0.3) is 0 Å². The highest BCUT2D eigenvalue weighted by Crippen LogP contribution is 2.65. The Morgan fingerprint density at radius 2 is 1.85 bits per heavy atom. The van der Waals surface area contributed by atoms with Gasteiger partial charge < -0.3 is 10.4 Å². The second-order valence-electron chi connectivity index (χ2n) is 12.0. The van der Waals surface area contributed by atoms with Gasteiger partial charge >= 0.3 is 0 Å². The molecule has 2 aliphatic rings. The Bertz CT molecular complexity index is 921. The van der Waals surface area contributed by atoms with Crippen LogP contribution in [-0.4, -0.2) is 22.3 Å². The van der Waals surface area contributed by atoms with E-state index in [-0.39, 0.29) is 39.2 Å². The number of fused-ring (bicyclic) bond motifs is 1. The maximum absolute atomic E-state index is 12.5. The summed E-state index contributed by atoms with van der Waals surface area (Å²) in [5.41, 5.74) is 1.60. The van der Waals surface area contributed by atoms with Crippen molar-refractivity contribution in [3.05, 3.63) is 47.3 Å². The van der Waals surface area contributed by atoms with Crippen LogP contribution in [0.2, 0.25) is 0 Å². The summed E-state index contributed by atoms with van der Waals surface area (Å²) < 4.78 is 0. The van der Waals surface area contributed by atoms with Crippen molar-refractivity contribution < 1.29 is 14.7 Å². The molecule has 4 heteroatoms. The predicted molar refractivity (Wildman–Crippen MR) is 141 cm³/mol. The summed E-state index contributed by atoms with van der Waals surface area (Å²) in [5.74, 6) is 0.0248. The highest BCUT2D eigenvalue weighted by Gasteiger charge is 2.55. The van der Waals surface area contributed by atoms with Crippen LogP contribution in [0.25, 0.3) is 0 Å². The minimum Gasteiger partial charge on any atom is -0.504 e. The molecule has 0 aromatic heterocycles. The molecule has 4 atom stereocenters. The van der Waals surface area contributed by atoms with Gasteiger partial charge in [0.2, 0.25) is 11.7 Å². The van der Waals surface area contributed by atoms with Crippen molar-refractivity contribution in [2.24, 2.45) is 22.2 Å². The third kappa shape index (κ3) is 5.58. The molecule has 0 bridgehead atoms. The molecule has 0 radical (unpaired) electrons. The third-order valence-corrected chi connectivity index (χ3v) is 9.20. The van der Waals surface area contributed by atoms with E-state index >= 15 is 0 Å². The number of amides is 1. The zero-order valence-electron chi connectivity index (χ0n) is 23.0. The molecule has 1 saturated carbocycles. The fraction of sp³-hybridized carbons (Fsp3) is 0.667. The van der Waals surface area contributed by atoms with Crippen LogP contribution < -0.4 is 5.32 Å². The van der Waals surface area contributed by atoms with E-state index in [4.69, 9.17) is 0 Å². The van der Waals surface area contributed by atoms with E-state index in [9.17, 15) is 14.7 Å². The average molecular weight is 470 g/mol. The zero-order valence-corrected chi connectivity index (χ0v) is 23.0. The highest BCUT2D eigenvalue weighted by molar-refractivity contribution is 6.02. The molecular weight excluding hydrogens is 422 g/mol. The van der Waals surface area contributed by atoms with Crippen LogP contribution in [0.5, 0.6) is 0 Å². The van der Waals surface area contributed by atoms with Crippen molar-refractivity contribution in [1.29, 1.82) is 0 Å². The number of rotatable bonds is 7. The summed E-state index contributed by atoms with van der Waals surface area (Å²) in [6.07, 6.45) is 15.9. The maximum Gasteiger partial charge on any atom is 0.220 e. The van der Waals surface area contributed by atoms with Crippen molar-refractivity contribution >= 4 is 11.7 Å². The second kappa shape index (κ2) is 10.3. The lowest BCUT2D eigenvalue weighted by molar-refractivity contribution is -0.120. The Hall–Kier alpha value is -2.10. The summed E-state index contributed by atoms with van der Waals surface area (Å²) in [6.45, 7) is 19.3. The SMILES string of the molecule is CC[C@]1(C)/C2=C/C=C/C(C)=C(/O)C(=O)/C=C/[C@]2(C)CC[C@@]1(C)C(C)CCCC(C)(C)NC(C)=O. The lowest BCUT2D eigenvalue weighted by Crippen LogP contribution is -2.51. The number of ketones is 1. The normalized spacial score (nSPS) is 36.6. The fourth-order valence-corrected chi connectivity index (χ4v) is 6.41. The molecule has 4 nitrogen and oxygen atoms in total. The Balaban J connectivity index is 2.39. The minimum absolute atomic E-state index is 0.0241. The van der Waals surface area contributed by atoms with Crippen LogP contribution in [0, 0.1) is 22.2 Å². The first kappa shape index (κ1) is 28.1. The summed E-state index contributed by atoms with van der Waals surface area (Å²) in [5, 5.41) is 13.3. The van der Waals surface area contributed by atoms with Gasteiger partial charge in [-0.3, -0.25) is 9.59 Å². The van der Waals surface area contributed by atoms with Gasteiger partial charge in [0.15, 0.2) is 5.76 Å². The van der Waals surface area contributed by atoms with Crippen molar-refractivity contribution in [3.8, 4) is 0 Å². The average Bonchev–Trinajstić information content (AvgIpc) is 2.75. The molecule has 0 aliphatic heterocycles. The van der Waals surface area contributed by atoms with E-state index < -0.39 is 0 Å². The number of allylic oxidation sites excluding steroid dienone is 7. The van der Waals surface area contributed by atoms with E-state index in [0.717, 1.165) is 38.5 Å². The summed E-state index contributed by atoms with van der Waals surface area (Å²) in [7, 11) is 0. The van der Waals surface area contributed by atoms with Gasteiger partial charge in [-0.05, 0) is 74.9 Å². The van der Waals surface area contributed by atoms with Crippen molar-refractivity contribution in [2.75, 3.05) is 0 Å². The van der Waals surface area contributed by atoms with E-state index in [1.165, 1.54) is 5.57 Å². The van der Waals surface area contributed by atoms with E-state index in [1.54, 1.807) is 19.9 Å². The largest absolute Gasteiger partial charge is 0.504 e. The third-order valence-electron chi connectivity index (χ3n) is 9.20. The first-order valence-electron chi connectivity index (χ1n) is 12.9. The number of aliphatic hydroxyl groups is 1. The summed E-state index contributed by atoms with van der Waals surface area (Å²) in [4.78, 5) is 24.1. The molecule has 1 amide bonds. The Morgan fingerprint density at radius 1 is 1.21 bits per heavy atom. The molecule has 190 valence electrons. The lowest BCUT2D eigenvalue weighted by atomic mass is 9.44. The molecule has 2 aliphatic carbocycles. The number of aliphatic hydroxyl groups excluding tert-OH is 1. The molecule has 34 heavy (non-hydrogen) atoms. The smallest absolute Gasteiger partial charge is 0.220 e. The molecule has 1 fully saturated rings. The van der Waals surface area contributed by atoms with Crippen LogP contribution in [0.3, 0.4) is 0 Å². The van der Waals surface area contributed by atoms with E-state index in [2.05, 4.69) is 59.9 Å². The first-order chi connectivity index (χ1) is 15.6. The predicted octanol–water partition coefficient (Wildman–Crippen LogP) is 7.38. The molecular formula is C30H47NO3. The number of nitrogens with one attached hydrogen (secondary N) is 1. The maximum atomic E-state index is 12.5. The monoisotopic (exact) mass is 469 g/mol. The molecule has 0 spiro atoms. The van der Waals surface area contributed by atoms with Gasteiger partial charge in [0.1, 0.15) is 0 Å². The quantitative estimate of drug-likeness (QED) is 0.409. The number of hydrogen-bond donors (Lipinski definition) is 2. The summed E-state index contributed by atoms with van der Waals surface area (Å²) in [6, 6.07) is 0. The van der Waals surface area contributed by atoms with Crippen molar-refractivity contribution in [1.82, 2.24) is 5.32 Å². The Morgan fingerprint density at radius 3 is 2.44 bits per heavy atom. The fourth-order valence-electron chi connectivity index (χ4n) is 6.41. The Labute approximate surface area is 207 Å². The van der Waals surface area contributed by atoms with Gasteiger partial charge in [0.05, 0.1) is 0 Å². The van der Waals surface area contributed by atoms with E-state index in [0.29, 0.717) is 11.5 Å². The molecule has 0 heterocycles. The molecule has 0 saturated heterocycles. The van der Waals surface area contributed by atoms with Gasteiger partial charge in [-0.25, -0.2) is 0 Å². The van der Waals surface area contributed by atoms with Crippen LogP contribution in [0.4, 0.5) is 0 Å². The van der Waals surface area contributed by atoms with Gasteiger partial charge in [0, 0.05) is 17.9 Å². The molecule has 1 unspecified atom stereocenters. The van der Waals surface area contributed by atoms with Gasteiger partial charge in [-0.1, -0.05) is 77.3 Å². The number of hydrogen-bond acceptors (Lipinski definition) is 3. The van der Waals surface area contributed by atoms with Crippen LogP contribution in [0.15, 0.2) is 47.3 Å². The Kier molecular flexibility index (Phi) is 8.49. The second-order valence-corrected chi connectivity index (χ2v) is 12.0. The number of carbonyl (C=O) groups is 2. The summed E-state index contributed by atoms with van der Waals surface area (Å²) >= 11 is 0. The topological polar surface area (TPSA) is 66.4 Å². The van der Waals surface area contributed by atoms with Crippen molar-refractivity contribution in [2.45, 2.75) is 106 Å². The molecule has 0 aromatic rings. The van der Waals surface area contributed by atoms with Crippen LogP contribution in [-0.2, 0) is 9.59 Å². The van der Waals surface area contributed by atoms with Gasteiger partial charge in [-0.15, -0.1) is 0 Å². The van der Waals surface area contributed by atoms with Gasteiger partial charge in [-0.2, -0.15) is 0 Å². The van der Waals surface area contributed by atoms with Crippen molar-refractivity contribution in [3.63, 3.8) is 0 Å². The molecule has 2 N–H and O–H groups in total. The first-order valence-corrected chi connectivity index (χ1v) is 12.9. The lowest BCUT2D eigenvalue weighted by Gasteiger charge is -2.60. The molecule has 2 rings (SSSR count). The standard InChI is InChI=1S/C30H47NO3/c1-10-29(8)25-15-11-13-21(2)26(34)24(33)16-18-28(25,7)19-20-30(29,9)22(3)14-12-17-27(5,6)31-23(4)32/h11,13,15-16,18,22,34H,10,12,14,17,19-20H2,1-9H3,(H,31,32)/b13-11+,18-16+,25-15+,26-21+/t22?,28-,29-,30+/m1/s1. The molecule has 0 aromatic carbocycles.